The van der Waals surface area contributed by atoms with E-state index in [-0.39, 0.29) is 5.91 Å². The Hall–Kier alpha value is -1.96. The molecular weight excluding hydrogens is 394 g/mol. The minimum atomic E-state index is 0.121. The molecule has 7 heteroatoms. The molecule has 0 radical (unpaired) electrons. The molecule has 0 saturated heterocycles. The second kappa shape index (κ2) is 7.96. The summed E-state index contributed by atoms with van der Waals surface area (Å²) in [6.45, 7) is 2.82. The third kappa shape index (κ3) is 3.85. The van der Waals surface area contributed by atoms with Crippen molar-refractivity contribution in [1.29, 1.82) is 0 Å². The van der Waals surface area contributed by atoms with E-state index in [1.54, 1.807) is 4.68 Å². The van der Waals surface area contributed by atoms with Crippen molar-refractivity contribution in [1.82, 2.24) is 9.78 Å². The summed E-state index contributed by atoms with van der Waals surface area (Å²) < 4.78 is 3.31. The summed E-state index contributed by atoms with van der Waals surface area (Å²) in [7, 11) is 0. The van der Waals surface area contributed by atoms with Crippen LogP contribution in [0.3, 0.4) is 0 Å². The first-order valence-corrected chi connectivity index (χ1v) is 11.0. The van der Waals surface area contributed by atoms with Crippen LogP contribution in [0.25, 0.3) is 5.69 Å². The average molecular weight is 414 g/mol. The first kappa shape index (κ1) is 18.4. The molecule has 0 spiro atoms. The van der Waals surface area contributed by atoms with Crippen LogP contribution in [0.15, 0.2) is 52.9 Å². The third-order valence-electron chi connectivity index (χ3n) is 4.60. The standard InChI is InChI=1S/C20H19N3OS3/c1-14-7-2-4-10-16(14)23-20(25)27-19(21-23)26-13-18(24)22-12-6-9-15-8-3-5-11-17(15)22/h2-5,7-8,10-11H,6,9,12-13H2,1H3. The lowest BCUT2D eigenvalue weighted by Gasteiger charge is -2.29. The van der Waals surface area contributed by atoms with E-state index >= 15 is 0 Å². The van der Waals surface area contributed by atoms with E-state index in [4.69, 9.17) is 12.2 Å². The zero-order chi connectivity index (χ0) is 18.8. The Bertz CT molecular complexity index is 1040. The van der Waals surface area contributed by atoms with E-state index in [1.807, 2.05) is 54.3 Å². The third-order valence-corrected chi connectivity index (χ3v) is 6.95. The average Bonchev–Trinajstić information content (AvgIpc) is 3.06. The van der Waals surface area contributed by atoms with Crippen LogP contribution < -0.4 is 4.90 Å². The number of anilines is 1. The number of fused-ring (bicyclic) bond motifs is 1. The second-order valence-electron chi connectivity index (χ2n) is 6.40. The van der Waals surface area contributed by atoms with Crippen LogP contribution >= 0.6 is 35.3 Å². The Labute approximate surface area is 171 Å². The number of carbonyl (C=O) groups excluding carboxylic acids is 1. The van der Waals surface area contributed by atoms with E-state index in [0.717, 1.165) is 40.7 Å². The summed E-state index contributed by atoms with van der Waals surface area (Å²) >= 11 is 8.39. The molecule has 3 aromatic rings. The van der Waals surface area contributed by atoms with Crippen molar-refractivity contribution in [3.63, 3.8) is 0 Å². The fourth-order valence-corrected chi connectivity index (χ4v) is 5.49. The number of aryl methyl sites for hydroxylation is 2. The van der Waals surface area contributed by atoms with E-state index in [9.17, 15) is 4.79 Å². The van der Waals surface area contributed by atoms with Crippen molar-refractivity contribution in [3.05, 3.63) is 63.6 Å². The Morgan fingerprint density at radius 1 is 1.19 bits per heavy atom. The molecule has 27 heavy (non-hydrogen) atoms. The Kier molecular flexibility index (Phi) is 5.43. The molecule has 0 atom stereocenters. The number of hydrogen-bond acceptors (Lipinski definition) is 5. The molecule has 1 aliphatic rings. The Morgan fingerprint density at radius 2 is 1.93 bits per heavy atom. The van der Waals surface area contributed by atoms with Crippen molar-refractivity contribution >= 4 is 46.9 Å². The molecule has 1 aliphatic heterocycles. The van der Waals surface area contributed by atoms with Gasteiger partial charge in [-0.05, 0) is 55.2 Å². The van der Waals surface area contributed by atoms with Crippen molar-refractivity contribution in [2.24, 2.45) is 0 Å². The number of hydrogen-bond donors (Lipinski definition) is 0. The molecule has 0 unspecified atom stereocenters. The van der Waals surface area contributed by atoms with Gasteiger partial charge < -0.3 is 4.90 Å². The highest BCUT2D eigenvalue weighted by atomic mass is 32.2. The van der Waals surface area contributed by atoms with Gasteiger partial charge in [-0.2, -0.15) is 0 Å². The number of thioether (sulfide) groups is 1. The molecular formula is C20H19N3OS3. The minimum absolute atomic E-state index is 0.121. The fraction of sp³-hybridized carbons (Fsp3) is 0.250. The largest absolute Gasteiger partial charge is 0.311 e. The number of aromatic nitrogens is 2. The molecule has 1 aromatic heterocycles. The minimum Gasteiger partial charge on any atom is -0.311 e. The van der Waals surface area contributed by atoms with Gasteiger partial charge in [-0.3, -0.25) is 4.79 Å². The quantitative estimate of drug-likeness (QED) is 0.443. The summed E-state index contributed by atoms with van der Waals surface area (Å²) in [4.78, 5) is 14.7. The summed E-state index contributed by atoms with van der Waals surface area (Å²) in [5.41, 5.74) is 4.41. The van der Waals surface area contributed by atoms with Crippen molar-refractivity contribution in [3.8, 4) is 5.69 Å². The van der Waals surface area contributed by atoms with Gasteiger partial charge in [-0.25, -0.2) is 4.68 Å². The topological polar surface area (TPSA) is 38.1 Å². The molecule has 138 valence electrons. The van der Waals surface area contributed by atoms with Crippen molar-refractivity contribution < 1.29 is 4.79 Å². The molecule has 0 saturated carbocycles. The molecule has 4 rings (SSSR count). The summed E-state index contributed by atoms with van der Waals surface area (Å²) in [5.74, 6) is 0.486. The van der Waals surface area contributed by atoms with Crippen LogP contribution in [-0.4, -0.2) is 28.0 Å². The monoisotopic (exact) mass is 413 g/mol. The number of rotatable bonds is 4. The maximum atomic E-state index is 12.8. The van der Waals surface area contributed by atoms with Gasteiger partial charge in [-0.1, -0.05) is 59.5 Å². The van der Waals surface area contributed by atoms with Gasteiger partial charge in [0.1, 0.15) is 0 Å². The number of benzene rings is 2. The van der Waals surface area contributed by atoms with Crippen LogP contribution in [0.2, 0.25) is 0 Å². The predicted molar refractivity (Wildman–Crippen MR) is 115 cm³/mol. The van der Waals surface area contributed by atoms with Gasteiger partial charge in [0, 0.05) is 12.2 Å². The summed E-state index contributed by atoms with van der Waals surface area (Å²) in [5, 5.41) is 4.63. The van der Waals surface area contributed by atoms with E-state index in [2.05, 4.69) is 11.2 Å². The lowest BCUT2D eigenvalue weighted by atomic mass is 10.0. The number of para-hydroxylation sites is 2. The van der Waals surface area contributed by atoms with Crippen LogP contribution in [0, 0.1) is 10.9 Å². The first-order valence-electron chi connectivity index (χ1n) is 8.81. The highest BCUT2D eigenvalue weighted by molar-refractivity contribution is 8.01. The van der Waals surface area contributed by atoms with Crippen LogP contribution in [0.4, 0.5) is 5.69 Å². The van der Waals surface area contributed by atoms with Crippen molar-refractivity contribution in [2.75, 3.05) is 17.2 Å². The maximum absolute atomic E-state index is 12.8. The van der Waals surface area contributed by atoms with Gasteiger partial charge in [0.15, 0.2) is 8.29 Å². The van der Waals surface area contributed by atoms with Gasteiger partial charge in [0.05, 0.1) is 11.4 Å². The normalized spacial score (nSPS) is 13.4. The molecule has 1 amide bonds. The highest BCUT2D eigenvalue weighted by Gasteiger charge is 2.22. The van der Waals surface area contributed by atoms with E-state index in [1.165, 1.54) is 28.7 Å². The number of carbonyl (C=O) groups is 1. The van der Waals surface area contributed by atoms with Crippen LogP contribution in [0.1, 0.15) is 17.5 Å². The van der Waals surface area contributed by atoms with E-state index < -0.39 is 0 Å². The smallest absolute Gasteiger partial charge is 0.237 e. The lowest BCUT2D eigenvalue weighted by molar-refractivity contribution is -0.116. The maximum Gasteiger partial charge on any atom is 0.237 e. The zero-order valence-corrected chi connectivity index (χ0v) is 17.4. The molecule has 0 bridgehead atoms. The first-order chi connectivity index (χ1) is 13.1. The Morgan fingerprint density at radius 3 is 2.74 bits per heavy atom. The summed E-state index contributed by atoms with van der Waals surface area (Å²) in [6, 6.07) is 16.2. The van der Waals surface area contributed by atoms with Crippen LogP contribution in [-0.2, 0) is 11.2 Å². The second-order valence-corrected chi connectivity index (χ2v) is 9.24. The molecule has 2 heterocycles. The predicted octanol–water partition coefficient (Wildman–Crippen LogP) is 5.04. The molecule has 0 aliphatic carbocycles. The molecule has 2 aromatic carbocycles. The van der Waals surface area contributed by atoms with Gasteiger partial charge >= 0.3 is 0 Å². The molecule has 0 N–H and O–H groups in total. The zero-order valence-electron chi connectivity index (χ0n) is 14.9. The lowest BCUT2D eigenvalue weighted by Crippen LogP contribution is -2.36. The highest BCUT2D eigenvalue weighted by Crippen LogP contribution is 2.29. The SMILES string of the molecule is Cc1ccccc1-n1nc(SCC(=O)N2CCCc3ccccc32)sc1=S. The number of nitrogens with zero attached hydrogens (tertiary/aromatic N) is 3. The van der Waals surface area contributed by atoms with Gasteiger partial charge in [0.25, 0.3) is 0 Å². The van der Waals surface area contributed by atoms with Gasteiger partial charge in [0.2, 0.25) is 5.91 Å². The van der Waals surface area contributed by atoms with Crippen molar-refractivity contribution in [2.45, 2.75) is 24.1 Å². The number of amides is 1. The Balaban J connectivity index is 1.49. The molecule has 4 nitrogen and oxygen atoms in total. The van der Waals surface area contributed by atoms with E-state index in [0.29, 0.717) is 9.71 Å². The summed E-state index contributed by atoms with van der Waals surface area (Å²) in [6.07, 6.45) is 2.05. The van der Waals surface area contributed by atoms with Gasteiger partial charge in [-0.15, -0.1) is 5.10 Å². The van der Waals surface area contributed by atoms with Crippen LogP contribution in [0.5, 0.6) is 0 Å². The molecule has 0 fully saturated rings. The fourth-order valence-electron chi connectivity index (χ4n) is 3.27.